The molecule has 3 aliphatic rings. The Kier molecular flexibility index (Phi) is 9.21. The number of aryl methyl sites for hydroxylation is 1. The van der Waals surface area contributed by atoms with Crippen molar-refractivity contribution < 1.29 is 24.5 Å². The van der Waals surface area contributed by atoms with Gasteiger partial charge in [0, 0.05) is 52.4 Å². The molecule has 3 saturated heterocycles. The number of carbonyl (C=O) groups is 2. The summed E-state index contributed by atoms with van der Waals surface area (Å²) in [6, 6.07) is 6.75. The number of carboxylic acids is 1. The fourth-order valence-electron chi connectivity index (χ4n) is 4.97. The van der Waals surface area contributed by atoms with E-state index in [0.29, 0.717) is 49.3 Å². The predicted octanol–water partition coefficient (Wildman–Crippen LogP) is 4.13. The lowest BCUT2D eigenvalue weighted by atomic mass is 10.2. The number of carbonyl (C=O) groups excluding carboxylic acids is 1. The molecule has 3 aliphatic heterocycles. The van der Waals surface area contributed by atoms with E-state index in [1.165, 1.54) is 0 Å². The highest BCUT2D eigenvalue weighted by Crippen LogP contribution is 2.38. The SMILES string of the molecule is CC(C)(C)OC(=O)N1CCN(c2nc(N3CCCC3)nc(N3CCCC3)c2O)CC1.Cc1ccc(C(=O)O)cc1. The lowest BCUT2D eigenvalue weighted by molar-refractivity contribution is 0.0240. The van der Waals surface area contributed by atoms with Gasteiger partial charge in [0.2, 0.25) is 11.7 Å². The third-order valence-electron chi connectivity index (χ3n) is 7.16. The summed E-state index contributed by atoms with van der Waals surface area (Å²) in [6.07, 6.45) is 4.24. The van der Waals surface area contributed by atoms with Crippen molar-refractivity contribution in [1.29, 1.82) is 0 Å². The number of ether oxygens (including phenoxy) is 1. The lowest BCUT2D eigenvalue weighted by Gasteiger charge is -2.37. The van der Waals surface area contributed by atoms with Crippen LogP contribution in [0.4, 0.5) is 22.4 Å². The molecule has 0 bridgehead atoms. The van der Waals surface area contributed by atoms with Gasteiger partial charge in [-0.15, -0.1) is 0 Å². The van der Waals surface area contributed by atoms with E-state index < -0.39 is 11.6 Å². The topological polar surface area (TPSA) is 123 Å². The third kappa shape index (κ3) is 7.45. The second-order valence-corrected chi connectivity index (χ2v) is 11.5. The van der Waals surface area contributed by atoms with Crippen molar-refractivity contribution in [3.8, 4) is 5.75 Å². The number of aromatic nitrogens is 2. The Labute approximate surface area is 236 Å². The van der Waals surface area contributed by atoms with Gasteiger partial charge in [0.15, 0.2) is 11.6 Å². The van der Waals surface area contributed by atoms with Gasteiger partial charge in [-0.2, -0.15) is 9.97 Å². The van der Waals surface area contributed by atoms with Crippen LogP contribution in [-0.2, 0) is 4.74 Å². The number of hydrogen-bond donors (Lipinski definition) is 2. The number of rotatable bonds is 4. The second-order valence-electron chi connectivity index (χ2n) is 11.5. The van der Waals surface area contributed by atoms with Crippen LogP contribution in [0.2, 0.25) is 0 Å². The van der Waals surface area contributed by atoms with E-state index in [9.17, 15) is 14.7 Å². The van der Waals surface area contributed by atoms with E-state index in [0.717, 1.165) is 57.4 Å². The van der Waals surface area contributed by atoms with Gasteiger partial charge in [-0.3, -0.25) is 0 Å². The third-order valence-corrected chi connectivity index (χ3v) is 7.16. The summed E-state index contributed by atoms with van der Waals surface area (Å²) in [5.41, 5.74) is 0.907. The minimum absolute atomic E-state index is 0.158. The minimum Gasteiger partial charge on any atom is -0.502 e. The van der Waals surface area contributed by atoms with Gasteiger partial charge in [-0.1, -0.05) is 17.7 Å². The van der Waals surface area contributed by atoms with Crippen LogP contribution in [0.25, 0.3) is 0 Å². The quantitative estimate of drug-likeness (QED) is 0.570. The number of piperazine rings is 1. The van der Waals surface area contributed by atoms with Crippen LogP contribution in [-0.4, -0.2) is 95.1 Å². The average Bonchev–Trinajstić information content (AvgIpc) is 3.64. The molecule has 0 unspecified atom stereocenters. The van der Waals surface area contributed by atoms with Gasteiger partial charge < -0.3 is 34.5 Å². The zero-order valence-corrected chi connectivity index (χ0v) is 24.1. The minimum atomic E-state index is -0.875. The van der Waals surface area contributed by atoms with Crippen LogP contribution in [0.1, 0.15) is 62.4 Å². The first-order valence-electron chi connectivity index (χ1n) is 14.2. The molecular weight excluding hydrogens is 512 g/mol. The van der Waals surface area contributed by atoms with Crippen LogP contribution in [0.3, 0.4) is 0 Å². The Bertz CT molecular complexity index is 1160. The highest BCUT2D eigenvalue weighted by atomic mass is 16.6. The summed E-state index contributed by atoms with van der Waals surface area (Å²) >= 11 is 0. The highest BCUT2D eigenvalue weighted by molar-refractivity contribution is 5.87. The van der Waals surface area contributed by atoms with Gasteiger partial charge in [-0.05, 0) is 65.5 Å². The maximum atomic E-state index is 12.4. The zero-order valence-electron chi connectivity index (χ0n) is 24.1. The Morgan fingerprint density at radius 3 is 1.73 bits per heavy atom. The van der Waals surface area contributed by atoms with E-state index in [1.54, 1.807) is 29.2 Å². The molecule has 0 radical (unpaired) electrons. The molecule has 2 aromatic rings. The predicted molar refractivity (Wildman–Crippen MR) is 155 cm³/mol. The van der Waals surface area contributed by atoms with E-state index in [2.05, 4.69) is 14.7 Å². The summed E-state index contributed by atoms with van der Waals surface area (Å²) in [6.45, 7) is 13.6. The first-order chi connectivity index (χ1) is 19.0. The second kappa shape index (κ2) is 12.6. The molecule has 1 aromatic heterocycles. The highest BCUT2D eigenvalue weighted by Gasteiger charge is 2.31. The Morgan fingerprint density at radius 1 is 0.775 bits per heavy atom. The lowest BCUT2D eigenvalue weighted by Crippen LogP contribution is -2.50. The first kappa shape index (κ1) is 29.2. The van der Waals surface area contributed by atoms with Crippen molar-refractivity contribution in [2.24, 2.45) is 0 Å². The number of carboxylic acid groups (broad SMARTS) is 1. The summed E-state index contributed by atoms with van der Waals surface area (Å²) < 4.78 is 5.50. The maximum Gasteiger partial charge on any atom is 0.410 e. The van der Waals surface area contributed by atoms with Crippen molar-refractivity contribution >= 4 is 29.6 Å². The molecule has 0 atom stereocenters. The standard InChI is InChI=1S/C21H34N6O3.C8H8O2/c1-21(2,3)30-20(29)27-14-12-25(13-15-27)18-16(28)17(24-8-4-5-9-24)22-19(23-18)26-10-6-7-11-26;1-6-2-4-7(5-3-6)8(9)10/h28H,4-15H2,1-3H3;2-5H,1H3,(H,9,10). The molecular formula is C29H42N6O5. The molecule has 1 aromatic carbocycles. The maximum absolute atomic E-state index is 12.4. The largest absolute Gasteiger partial charge is 0.502 e. The molecule has 218 valence electrons. The van der Waals surface area contributed by atoms with Crippen LogP contribution in [0, 0.1) is 6.92 Å². The van der Waals surface area contributed by atoms with Crippen LogP contribution >= 0.6 is 0 Å². The molecule has 4 heterocycles. The zero-order chi connectivity index (χ0) is 28.9. The number of aromatic hydroxyl groups is 1. The average molecular weight is 555 g/mol. The van der Waals surface area contributed by atoms with E-state index in [-0.39, 0.29) is 11.8 Å². The fraction of sp³-hybridized carbons (Fsp3) is 0.586. The number of benzene rings is 1. The molecule has 1 amide bonds. The Balaban J connectivity index is 0.000000312. The van der Waals surface area contributed by atoms with Gasteiger partial charge in [0.1, 0.15) is 5.60 Å². The Morgan fingerprint density at radius 2 is 1.25 bits per heavy atom. The molecule has 0 spiro atoms. The van der Waals surface area contributed by atoms with Crippen LogP contribution in [0.5, 0.6) is 5.75 Å². The molecule has 11 nitrogen and oxygen atoms in total. The normalized spacial score (nSPS) is 17.5. The number of amides is 1. The summed E-state index contributed by atoms with van der Waals surface area (Å²) in [5, 5.41) is 19.5. The molecule has 5 rings (SSSR count). The smallest absolute Gasteiger partial charge is 0.410 e. The Hall–Kier alpha value is -3.76. The van der Waals surface area contributed by atoms with Gasteiger partial charge in [0.05, 0.1) is 5.56 Å². The molecule has 2 N–H and O–H groups in total. The molecule has 40 heavy (non-hydrogen) atoms. The molecule has 0 aliphatic carbocycles. The van der Waals surface area contributed by atoms with Crippen molar-refractivity contribution in [2.45, 2.75) is 59.0 Å². The number of hydrogen-bond acceptors (Lipinski definition) is 9. The fourth-order valence-corrected chi connectivity index (χ4v) is 4.97. The van der Waals surface area contributed by atoms with Gasteiger partial charge >= 0.3 is 12.1 Å². The summed E-state index contributed by atoms with van der Waals surface area (Å²) in [5.74, 6) is 1.22. The molecule has 3 fully saturated rings. The van der Waals surface area contributed by atoms with Crippen molar-refractivity contribution in [2.75, 3.05) is 67.1 Å². The van der Waals surface area contributed by atoms with Gasteiger partial charge in [0.25, 0.3) is 0 Å². The number of nitrogens with zero attached hydrogens (tertiary/aromatic N) is 6. The molecule has 0 saturated carbocycles. The van der Waals surface area contributed by atoms with Crippen LogP contribution in [0.15, 0.2) is 24.3 Å². The summed E-state index contributed by atoms with van der Waals surface area (Å²) in [7, 11) is 0. The molecule has 11 heteroatoms. The van der Waals surface area contributed by atoms with Crippen molar-refractivity contribution in [3.63, 3.8) is 0 Å². The first-order valence-corrected chi connectivity index (χ1v) is 14.2. The number of aromatic carboxylic acids is 1. The van der Waals surface area contributed by atoms with E-state index in [4.69, 9.17) is 19.8 Å². The number of anilines is 3. The van der Waals surface area contributed by atoms with Crippen molar-refractivity contribution in [3.05, 3.63) is 35.4 Å². The summed E-state index contributed by atoms with van der Waals surface area (Å²) in [4.78, 5) is 40.4. The van der Waals surface area contributed by atoms with Crippen LogP contribution < -0.4 is 14.7 Å². The van der Waals surface area contributed by atoms with Crippen molar-refractivity contribution in [1.82, 2.24) is 14.9 Å². The van der Waals surface area contributed by atoms with E-state index >= 15 is 0 Å². The van der Waals surface area contributed by atoms with Gasteiger partial charge in [-0.25, -0.2) is 9.59 Å². The monoisotopic (exact) mass is 554 g/mol. The van der Waals surface area contributed by atoms with E-state index in [1.807, 2.05) is 27.7 Å².